The third-order valence-electron chi connectivity index (χ3n) is 5.56. The van der Waals surface area contributed by atoms with Gasteiger partial charge in [-0.25, -0.2) is 9.59 Å². The Morgan fingerprint density at radius 1 is 0.886 bits per heavy atom. The Labute approximate surface area is 204 Å². The standard InChI is InChI=1S/C28H27NO6/c1-20(2)26(31)33-18-17-29-27(32)35-25-15-11-23(12-16-25)28(3,21-7-5-4-6-8-21)22-9-13-24(14-10-22)34-19-30/h4-16,19H,1,17-18H2,2-3H3,(H,29,32). The van der Waals surface area contributed by atoms with Gasteiger partial charge in [0, 0.05) is 11.0 Å². The second-order valence-corrected chi connectivity index (χ2v) is 7.99. The summed E-state index contributed by atoms with van der Waals surface area (Å²) in [5.74, 6) is 0.321. The molecule has 1 amide bonds. The summed E-state index contributed by atoms with van der Waals surface area (Å²) in [6.07, 6.45) is -0.652. The van der Waals surface area contributed by atoms with Gasteiger partial charge in [-0.05, 0) is 54.8 Å². The summed E-state index contributed by atoms with van der Waals surface area (Å²) in [6.45, 7) is 7.68. The molecule has 0 aliphatic carbocycles. The van der Waals surface area contributed by atoms with Gasteiger partial charge in [0.2, 0.25) is 0 Å². The molecule has 0 saturated heterocycles. The maximum Gasteiger partial charge on any atom is 0.412 e. The van der Waals surface area contributed by atoms with Crippen LogP contribution in [0, 0.1) is 0 Å². The van der Waals surface area contributed by atoms with Crippen molar-refractivity contribution >= 4 is 18.5 Å². The first-order chi connectivity index (χ1) is 16.8. The third-order valence-corrected chi connectivity index (χ3v) is 5.56. The zero-order valence-electron chi connectivity index (χ0n) is 19.7. The summed E-state index contributed by atoms with van der Waals surface area (Å²) in [4.78, 5) is 34.1. The van der Waals surface area contributed by atoms with Crippen LogP contribution < -0.4 is 14.8 Å². The lowest BCUT2D eigenvalue weighted by atomic mass is 9.71. The number of hydrogen-bond donors (Lipinski definition) is 1. The smallest absolute Gasteiger partial charge is 0.412 e. The molecule has 3 aromatic rings. The normalized spacial score (nSPS) is 12.1. The third kappa shape index (κ3) is 6.35. The zero-order chi connectivity index (χ0) is 25.3. The summed E-state index contributed by atoms with van der Waals surface area (Å²) < 4.78 is 15.2. The van der Waals surface area contributed by atoms with Crippen molar-refractivity contribution in [3.05, 3.63) is 108 Å². The van der Waals surface area contributed by atoms with Crippen LogP contribution in [0.4, 0.5) is 4.79 Å². The van der Waals surface area contributed by atoms with E-state index in [0.717, 1.165) is 16.7 Å². The van der Waals surface area contributed by atoms with E-state index in [1.54, 1.807) is 31.2 Å². The van der Waals surface area contributed by atoms with E-state index in [4.69, 9.17) is 14.2 Å². The molecule has 3 aromatic carbocycles. The molecule has 1 atom stereocenters. The highest BCUT2D eigenvalue weighted by atomic mass is 16.6. The largest absolute Gasteiger partial charge is 0.460 e. The summed E-state index contributed by atoms with van der Waals surface area (Å²) in [7, 11) is 0. The predicted molar refractivity (Wildman–Crippen MR) is 131 cm³/mol. The van der Waals surface area contributed by atoms with Crippen molar-refractivity contribution < 1.29 is 28.6 Å². The molecule has 0 fully saturated rings. The lowest BCUT2D eigenvalue weighted by Gasteiger charge is -2.32. The van der Waals surface area contributed by atoms with Gasteiger partial charge in [0.25, 0.3) is 6.47 Å². The molecule has 0 aliphatic heterocycles. The molecule has 0 saturated carbocycles. The highest BCUT2D eigenvalue weighted by Crippen LogP contribution is 2.39. The number of carbonyl (C=O) groups is 3. The van der Waals surface area contributed by atoms with Crippen molar-refractivity contribution in [3.63, 3.8) is 0 Å². The van der Waals surface area contributed by atoms with Crippen molar-refractivity contribution in [1.29, 1.82) is 0 Å². The van der Waals surface area contributed by atoms with E-state index >= 15 is 0 Å². The average molecular weight is 474 g/mol. The van der Waals surface area contributed by atoms with Crippen molar-refractivity contribution in [1.82, 2.24) is 5.32 Å². The Bertz CT molecular complexity index is 1170. The van der Waals surface area contributed by atoms with E-state index in [9.17, 15) is 14.4 Å². The first-order valence-electron chi connectivity index (χ1n) is 11.0. The average Bonchev–Trinajstić information content (AvgIpc) is 2.87. The number of ether oxygens (including phenoxy) is 3. The minimum absolute atomic E-state index is 0.0197. The molecular formula is C28H27NO6. The monoisotopic (exact) mass is 473 g/mol. The first-order valence-corrected chi connectivity index (χ1v) is 11.0. The molecule has 1 unspecified atom stereocenters. The minimum atomic E-state index is -0.652. The second-order valence-electron chi connectivity index (χ2n) is 7.99. The van der Waals surface area contributed by atoms with E-state index in [1.807, 2.05) is 54.6 Å². The highest BCUT2D eigenvalue weighted by molar-refractivity contribution is 5.86. The topological polar surface area (TPSA) is 90.9 Å². The van der Waals surface area contributed by atoms with Gasteiger partial charge in [-0.1, -0.05) is 61.2 Å². The van der Waals surface area contributed by atoms with Gasteiger partial charge in [-0.3, -0.25) is 4.79 Å². The number of amides is 1. The van der Waals surface area contributed by atoms with Gasteiger partial charge in [-0.2, -0.15) is 0 Å². The molecule has 0 aromatic heterocycles. The molecule has 7 heteroatoms. The fraction of sp³-hybridized carbons (Fsp3) is 0.179. The van der Waals surface area contributed by atoms with Crippen molar-refractivity contribution in [3.8, 4) is 11.5 Å². The van der Waals surface area contributed by atoms with Gasteiger partial charge in [0.1, 0.15) is 18.1 Å². The van der Waals surface area contributed by atoms with E-state index in [0.29, 0.717) is 23.5 Å². The highest BCUT2D eigenvalue weighted by Gasteiger charge is 2.31. The molecule has 0 heterocycles. The molecule has 1 N–H and O–H groups in total. The fourth-order valence-corrected chi connectivity index (χ4v) is 3.61. The number of esters is 1. The number of nitrogens with one attached hydrogen (secondary N) is 1. The molecule has 7 nitrogen and oxygen atoms in total. The van der Waals surface area contributed by atoms with Crippen LogP contribution in [0.1, 0.15) is 30.5 Å². The predicted octanol–water partition coefficient (Wildman–Crippen LogP) is 4.78. The molecule has 3 rings (SSSR count). The van der Waals surface area contributed by atoms with E-state index in [-0.39, 0.29) is 13.2 Å². The molecule has 0 spiro atoms. The maximum absolute atomic E-state index is 12.1. The van der Waals surface area contributed by atoms with Gasteiger partial charge in [0.15, 0.2) is 0 Å². The lowest BCUT2D eigenvalue weighted by Crippen LogP contribution is -2.30. The van der Waals surface area contributed by atoms with Crippen molar-refractivity contribution in [2.75, 3.05) is 13.2 Å². The quantitative estimate of drug-likeness (QED) is 0.150. The van der Waals surface area contributed by atoms with Crippen molar-refractivity contribution in [2.24, 2.45) is 0 Å². The van der Waals surface area contributed by atoms with Gasteiger partial charge in [-0.15, -0.1) is 0 Å². The molecule has 35 heavy (non-hydrogen) atoms. The summed E-state index contributed by atoms with van der Waals surface area (Å²) >= 11 is 0. The number of carbonyl (C=O) groups excluding carboxylic acids is 3. The number of benzene rings is 3. The van der Waals surface area contributed by atoms with Crippen LogP contribution in [-0.4, -0.2) is 31.7 Å². The Morgan fingerprint density at radius 3 is 1.97 bits per heavy atom. The van der Waals surface area contributed by atoms with Crippen LogP contribution in [0.5, 0.6) is 11.5 Å². The molecule has 0 aliphatic rings. The minimum Gasteiger partial charge on any atom is -0.460 e. The fourth-order valence-electron chi connectivity index (χ4n) is 3.61. The SMILES string of the molecule is C=C(C)C(=O)OCCNC(=O)Oc1ccc(C(C)(c2ccccc2)c2ccc(OC=O)cc2)cc1. The molecule has 0 radical (unpaired) electrons. The molecule has 0 bridgehead atoms. The number of rotatable bonds is 10. The Hall–Kier alpha value is -4.39. The maximum atomic E-state index is 12.1. The second kappa shape index (κ2) is 11.7. The van der Waals surface area contributed by atoms with Crippen LogP contribution in [-0.2, 0) is 19.7 Å². The van der Waals surface area contributed by atoms with Crippen LogP contribution >= 0.6 is 0 Å². The summed E-state index contributed by atoms with van der Waals surface area (Å²) in [5.41, 5.74) is 2.82. The summed E-state index contributed by atoms with van der Waals surface area (Å²) in [6, 6.07) is 24.6. The molecule has 180 valence electrons. The van der Waals surface area contributed by atoms with Crippen LogP contribution in [0.3, 0.4) is 0 Å². The summed E-state index contributed by atoms with van der Waals surface area (Å²) in [5, 5.41) is 2.53. The Morgan fingerprint density at radius 2 is 1.43 bits per heavy atom. The lowest BCUT2D eigenvalue weighted by molar-refractivity contribution is -0.138. The van der Waals surface area contributed by atoms with E-state index in [1.165, 1.54) is 0 Å². The van der Waals surface area contributed by atoms with Crippen LogP contribution in [0.2, 0.25) is 0 Å². The van der Waals surface area contributed by atoms with Gasteiger partial charge >= 0.3 is 12.1 Å². The first kappa shape index (κ1) is 25.2. The Balaban J connectivity index is 1.74. The van der Waals surface area contributed by atoms with Gasteiger partial charge < -0.3 is 19.5 Å². The van der Waals surface area contributed by atoms with Crippen LogP contribution in [0.25, 0.3) is 0 Å². The van der Waals surface area contributed by atoms with E-state index < -0.39 is 17.5 Å². The number of hydrogen-bond acceptors (Lipinski definition) is 6. The Kier molecular flexibility index (Phi) is 8.40. The van der Waals surface area contributed by atoms with Crippen LogP contribution in [0.15, 0.2) is 91.0 Å². The van der Waals surface area contributed by atoms with E-state index in [2.05, 4.69) is 18.8 Å². The van der Waals surface area contributed by atoms with Crippen molar-refractivity contribution in [2.45, 2.75) is 19.3 Å². The zero-order valence-corrected chi connectivity index (χ0v) is 19.7. The molecular weight excluding hydrogens is 446 g/mol. The van der Waals surface area contributed by atoms with Gasteiger partial charge in [0.05, 0.1) is 6.54 Å².